The van der Waals surface area contributed by atoms with Crippen molar-refractivity contribution in [1.29, 1.82) is 0 Å². The molecule has 7 nitrogen and oxygen atoms in total. The number of nitrogens with zero attached hydrogens (tertiary/aromatic N) is 2. The third-order valence-electron chi connectivity index (χ3n) is 6.72. The fourth-order valence-electron chi connectivity index (χ4n) is 3.97. The number of hydrogen-bond acceptors (Lipinski definition) is 5. The maximum Gasteiger partial charge on any atom is 0.264 e. The molecule has 0 aliphatic heterocycles. The molecule has 0 fully saturated rings. The Morgan fingerprint density at radius 2 is 1.60 bits per heavy atom. The van der Waals surface area contributed by atoms with E-state index in [1.54, 1.807) is 67.6 Å². The fraction of sp³-hybridized carbons (Fsp3) is 0.333. The number of nitrogens with one attached hydrogen (secondary N) is 1. The first kappa shape index (κ1) is 31.5. The molecule has 0 bridgehead atoms. The molecule has 10 heteroatoms. The van der Waals surface area contributed by atoms with Crippen LogP contribution in [0.15, 0.2) is 82.6 Å². The molecule has 40 heavy (non-hydrogen) atoms. The summed E-state index contributed by atoms with van der Waals surface area (Å²) in [6, 6.07) is 19.6. The Hall–Kier alpha value is -3.01. The van der Waals surface area contributed by atoms with Crippen LogP contribution in [0.1, 0.15) is 38.3 Å². The summed E-state index contributed by atoms with van der Waals surface area (Å²) in [5, 5.41) is 3.37. The quantitative estimate of drug-likeness (QED) is 0.261. The molecule has 214 valence electrons. The average molecular weight is 602 g/mol. The van der Waals surface area contributed by atoms with Crippen molar-refractivity contribution in [2.75, 3.05) is 17.1 Å². The van der Waals surface area contributed by atoms with E-state index >= 15 is 0 Å². The summed E-state index contributed by atoms with van der Waals surface area (Å²) in [4.78, 5) is 29.5. The van der Waals surface area contributed by atoms with E-state index in [0.717, 1.165) is 21.2 Å². The molecule has 0 aliphatic rings. The zero-order valence-corrected chi connectivity index (χ0v) is 25.8. The molecule has 0 aromatic heterocycles. The van der Waals surface area contributed by atoms with Crippen molar-refractivity contribution in [2.24, 2.45) is 0 Å². The predicted molar refractivity (Wildman–Crippen MR) is 163 cm³/mol. The van der Waals surface area contributed by atoms with Gasteiger partial charge in [-0.1, -0.05) is 54.4 Å². The van der Waals surface area contributed by atoms with E-state index in [9.17, 15) is 18.0 Å². The number of sulfonamides is 1. The van der Waals surface area contributed by atoms with Crippen LogP contribution in [0, 0.1) is 6.92 Å². The van der Waals surface area contributed by atoms with Crippen molar-refractivity contribution in [3.8, 4) is 0 Å². The number of hydrogen-bond donors (Lipinski definition) is 1. The topological polar surface area (TPSA) is 86.8 Å². The van der Waals surface area contributed by atoms with Crippen LogP contribution >= 0.6 is 23.4 Å². The van der Waals surface area contributed by atoms with Crippen LogP contribution in [0.3, 0.4) is 0 Å². The maximum atomic E-state index is 14.0. The van der Waals surface area contributed by atoms with Crippen LogP contribution in [-0.2, 0) is 26.2 Å². The lowest BCUT2D eigenvalue weighted by Gasteiger charge is -2.32. The lowest BCUT2D eigenvalue weighted by molar-refractivity contribution is -0.139. The number of halogens is 1. The highest BCUT2D eigenvalue weighted by molar-refractivity contribution is 7.98. The molecule has 0 saturated heterocycles. The Labute approximate surface area is 247 Å². The highest BCUT2D eigenvalue weighted by Crippen LogP contribution is 2.27. The number of rotatable bonds is 12. The summed E-state index contributed by atoms with van der Waals surface area (Å²) in [5.41, 5.74) is 1.95. The monoisotopic (exact) mass is 601 g/mol. The van der Waals surface area contributed by atoms with Crippen LogP contribution in [-0.4, -0.2) is 50.0 Å². The largest absolute Gasteiger partial charge is 0.352 e. The maximum absolute atomic E-state index is 14.0. The lowest BCUT2D eigenvalue weighted by Crippen LogP contribution is -2.52. The first-order chi connectivity index (χ1) is 19.0. The van der Waals surface area contributed by atoms with Crippen molar-refractivity contribution >= 4 is 50.9 Å². The van der Waals surface area contributed by atoms with Crippen molar-refractivity contribution in [2.45, 2.75) is 62.5 Å². The Morgan fingerprint density at radius 3 is 2.17 bits per heavy atom. The van der Waals surface area contributed by atoms with Gasteiger partial charge in [-0.15, -0.1) is 11.8 Å². The minimum Gasteiger partial charge on any atom is -0.352 e. The first-order valence-electron chi connectivity index (χ1n) is 13.0. The van der Waals surface area contributed by atoms with E-state index in [-0.39, 0.29) is 23.4 Å². The highest BCUT2D eigenvalue weighted by atomic mass is 35.5. The van der Waals surface area contributed by atoms with Gasteiger partial charge in [-0.25, -0.2) is 8.42 Å². The highest BCUT2D eigenvalue weighted by Gasteiger charge is 2.33. The third kappa shape index (κ3) is 7.80. The number of thioether (sulfide) groups is 1. The van der Waals surface area contributed by atoms with E-state index < -0.39 is 28.5 Å². The van der Waals surface area contributed by atoms with Gasteiger partial charge in [-0.05, 0) is 81.5 Å². The molecular weight excluding hydrogens is 566 g/mol. The van der Waals surface area contributed by atoms with E-state index in [2.05, 4.69) is 5.32 Å². The Morgan fingerprint density at radius 1 is 0.975 bits per heavy atom. The molecule has 0 aliphatic carbocycles. The van der Waals surface area contributed by atoms with E-state index in [4.69, 9.17) is 11.6 Å². The van der Waals surface area contributed by atoms with Crippen LogP contribution in [0.4, 0.5) is 5.69 Å². The SMILES string of the molecule is CCC(C)NC(=O)C(C)N(Cc1ccccc1Cl)C(=O)CN(c1ccc(C)cc1)S(=O)(=O)c1ccc(SC)cc1. The zero-order valence-electron chi connectivity index (χ0n) is 23.4. The minimum absolute atomic E-state index is 0.0395. The van der Waals surface area contributed by atoms with Gasteiger partial charge in [-0.3, -0.25) is 13.9 Å². The molecule has 2 unspecified atom stereocenters. The lowest BCUT2D eigenvalue weighted by atomic mass is 10.1. The third-order valence-corrected chi connectivity index (χ3v) is 9.62. The van der Waals surface area contributed by atoms with Crippen LogP contribution in [0.5, 0.6) is 0 Å². The van der Waals surface area contributed by atoms with Crippen molar-refractivity contribution in [1.82, 2.24) is 10.2 Å². The summed E-state index contributed by atoms with van der Waals surface area (Å²) < 4.78 is 28.9. The molecule has 2 atom stereocenters. The van der Waals surface area contributed by atoms with Gasteiger partial charge in [0.05, 0.1) is 10.6 Å². The van der Waals surface area contributed by atoms with Gasteiger partial charge in [0.1, 0.15) is 12.6 Å². The summed E-state index contributed by atoms with van der Waals surface area (Å²) in [5.74, 6) is -0.858. The van der Waals surface area contributed by atoms with Crippen molar-refractivity contribution < 1.29 is 18.0 Å². The molecule has 2 amide bonds. The van der Waals surface area contributed by atoms with Crippen molar-refractivity contribution in [3.05, 3.63) is 88.9 Å². The first-order valence-corrected chi connectivity index (χ1v) is 16.1. The molecule has 3 rings (SSSR count). The molecule has 3 aromatic carbocycles. The smallest absolute Gasteiger partial charge is 0.264 e. The van der Waals surface area contributed by atoms with Gasteiger partial charge in [-0.2, -0.15) is 0 Å². The number of aryl methyl sites for hydroxylation is 1. The number of benzene rings is 3. The normalized spacial score (nSPS) is 12.8. The van der Waals surface area contributed by atoms with Gasteiger partial charge in [0.25, 0.3) is 10.0 Å². The second-order valence-electron chi connectivity index (χ2n) is 9.63. The number of carbonyl (C=O) groups excluding carboxylic acids is 2. The Bertz CT molecular complexity index is 1410. The number of anilines is 1. The molecule has 0 saturated carbocycles. The van der Waals surface area contributed by atoms with E-state index in [1.807, 2.05) is 27.0 Å². The fourth-order valence-corrected chi connectivity index (χ4v) is 5.99. The summed E-state index contributed by atoms with van der Waals surface area (Å²) in [7, 11) is -4.12. The van der Waals surface area contributed by atoms with Gasteiger partial charge < -0.3 is 10.2 Å². The molecule has 0 heterocycles. The summed E-state index contributed by atoms with van der Waals surface area (Å²) in [6.07, 6.45) is 2.64. The van der Waals surface area contributed by atoms with Crippen molar-refractivity contribution in [3.63, 3.8) is 0 Å². The second kappa shape index (κ2) is 14.1. The molecule has 3 aromatic rings. The zero-order chi connectivity index (χ0) is 29.4. The van der Waals surface area contributed by atoms with E-state index in [1.165, 1.54) is 28.8 Å². The summed E-state index contributed by atoms with van der Waals surface area (Å²) in [6.45, 7) is 6.92. The molecule has 0 radical (unpaired) electrons. The standard InChI is InChI=1S/C30H36ClN3O4S2/c1-6-22(3)32-30(36)23(4)33(19-24-9-7-8-10-28(24)31)29(35)20-34(25-13-11-21(2)12-14-25)40(37,38)27-17-15-26(39-5)16-18-27/h7-18,22-23H,6,19-20H2,1-5H3,(H,32,36). The molecule has 1 N–H and O–H groups in total. The summed E-state index contributed by atoms with van der Waals surface area (Å²) >= 11 is 7.92. The van der Waals surface area contributed by atoms with Crippen LogP contribution < -0.4 is 9.62 Å². The number of amides is 2. The van der Waals surface area contributed by atoms with Gasteiger partial charge >= 0.3 is 0 Å². The van der Waals surface area contributed by atoms with Crippen LogP contribution in [0.2, 0.25) is 5.02 Å². The van der Waals surface area contributed by atoms with Gasteiger partial charge in [0.2, 0.25) is 11.8 Å². The Balaban J connectivity index is 2.03. The predicted octanol–water partition coefficient (Wildman–Crippen LogP) is 5.90. The Kier molecular flexibility index (Phi) is 11.1. The minimum atomic E-state index is -4.12. The van der Waals surface area contributed by atoms with Gasteiger partial charge in [0.15, 0.2) is 0 Å². The second-order valence-corrected chi connectivity index (χ2v) is 12.8. The average Bonchev–Trinajstić information content (AvgIpc) is 2.95. The number of carbonyl (C=O) groups is 2. The molecular formula is C30H36ClN3O4S2. The van der Waals surface area contributed by atoms with E-state index in [0.29, 0.717) is 16.3 Å². The van der Waals surface area contributed by atoms with Gasteiger partial charge in [0, 0.05) is 22.5 Å². The van der Waals surface area contributed by atoms with Crippen LogP contribution in [0.25, 0.3) is 0 Å². The molecule has 0 spiro atoms.